The SMILES string of the molecule is C[SiH](C)C1C=CC=C1.[Ti]. The van der Waals surface area contributed by atoms with Gasteiger partial charge >= 0.3 is 0 Å². The molecule has 0 heterocycles. The second-order valence-corrected chi connectivity index (χ2v) is 5.85. The van der Waals surface area contributed by atoms with Crippen LogP contribution in [0.15, 0.2) is 24.3 Å². The predicted octanol–water partition coefficient (Wildman–Crippen LogP) is 1.97. The first-order valence-electron chi connectivity index (χ1n) is 3.15. The van der Waals surface area contributed by atoms with Crippen molar-refractivity contribution >= 4 is 8.80 Å². The van der Waals surface area contributed by atoms with Crippen LogP contribution >= 0.6 is 0 Å². The molecule has 1 aliphatic rings. The van der Waals surface area contributed by atoms with Crippen molar-refractivity contribution in [3.05, 3.63) is 24.3 Å². The van der Waals surface area contributed by atoms with Crippen molar-refractivity contribution in [1.82, 2.24) is 0 Å². The van der Waals surface area contributed by atoms with E-state index in [9.17, 15) is 0 Å². The van der Waals surface area contributed by atoms with Crippen LogP contribution in [0.4, 0.5) is 0 Å². The van der Waals surface area contributed by atoms with E-state index in [2.05, 4.69) is 37.4 Å². The summed E-state index contributed by atoms with van der Waals surface area (Å²) < 4.78 is 0. The van der Waals surface area contributed by atoms with Crippen LogP contribution in [0.5, 0.6) is 0 Å². The molecule has 0 unspecified atom stereocenters. The summed E-state index contributed by atoms with van der Waals surface area (Å²) in [6, 6.07) is 0. The number of hydrogen-bond acceptors (Lipinski definition) is 0. The Labute approximate surface area is 73.5 Å². The summed E-state index contributed by atoms with van der Waals surface area (Å²) >= 11 is 0. The third kappa shape index (κ3) is 2.66. The predicted molar refractivity (Wildman–Crippen MR) is 40.9 cm³/mol. The molecule has 0 aromatic heterocycles. The zero-order valence-corrected chi connectivity index (χ0v) is 8.68. The van der Waals surface area contributed by atoms with Gasteiger partial charge in [0.25, 0.3) is 0 Å². The van der Waals surface area contributed by atoms with Gasteiger partial charge in [-0.15, -0.1) is 0 Å². The summed E-state index contributed by atoms with van der Waals surface area (Å²) in [5.41, 5.74) is 0.843. The maximum atomic E-state index is 2.38. The first kappa shape index (κ1) is 9.41. The van der Waals surface area contributed by atoms with Crippen molar-refractivity contribution < 1.29 is 21.7 Å². The Hall–Kier alpha value is 0.411. The molecule has 0 spiro atoms. The molecule has 0 radical (unpaired) electrons. The van der Waals surface area contributed by atoms with Gasteiger partial charge in [0.15, 0.2) is 0 Å². The van der Waals surface area contributed by atoms with E-state index >= 15 is 0 Å². The summed E-state index contributed by atoms with van der Waals surface area (Å²) in [5.74, 6) is 0. The van der Waals surface area contributed by atoms with Gasteiger partial charge in [-0.2, -0.15) is 0 Å². The average molecular weight is 172 g/mol. The summed E-state index contributed by atoms with van der Waals surface area (Å²) in [6.07, 6.45) is 8.91. The van der Waals surface area contributed by atoms with Crippen molar-refractivity contribution in [3.63, 3.8) is 0 Å². The number of rotatable bonds is 1. The quantitative estimate of drug-likeness (QED) is 0.530. The first-order chi connectivity index (χ1) is 3.80. The fraction of sp³-hybridized carbons (Fsp3) is 0.429. The molecule has 2 heteroatoms. The topological polar surface area (TPSA) is 0 Å². The largest absolute Gasteiger partial charge is 0.0807 e. The van der Waals surface area contributed by atoms with E-state index in [0.29, 0.717) is 0 Å². The Kier molecular flexibility index (Phi) is 4.46. The smallest absolute Gasteiger partial charge is 0.0428 e. The zero-order chi connectivity index (χ0) is 5.98. The standard InChI is InChI=1S/C7H12Si.Ti/c1-8(2)7-5-3-4-6-7;/h3-8H,1-2H3;. The fourth-order valence-corrected chi connectivity index (χ4v) is 2.04. The van der Waals surface area contributed by atoms with Gasteiger partial charge in [0.05, 0.1) is 0 Å². The van der Waals surface area contributed by atoms with Crippen molar-refractivity contribution in [2.75, 3.05) is 0 Å². The van der Waals surface area contributed by atoms with Crippen LogP contribution in [-0.2, 0) is 21.7 Å². The minimum atomic E-state index is -0.397. The van der Waals surface area contributed by atoms with Crippen LogP contribution in [0.1, 0.15) is 0 Å². The molecule has 48 valence electrons. The molecule has 0 bridgehead atoms. The van der Waals surface area contributed by atoms with Crippen molar-refractivity contribution in [2.24, 2.45) is 0 Å². The number of hydrogen-bond donors (Lipinski definition) is 0. The normalized spacial score (nSPS) is 16.8. The van der Waals surface area contributed by atoms with E-state index in [0.717, 1.165) is 5.54 Å². The molecule has 0 aliphatic heterocycles. The minimum absolute atomic E-state index is 0. The van der Waals surface area contributed by atoms with Crippen LogP contribution in [0.2, 0.25) is 18.6 Å². The maximum Gasteiger partial charge on any atom is 0.0428 e. The Bertz CT molecular complexity index is 115. The Balaban J connectivity index is 0.000000640. The molecular weight excluding hydrogens is 160 g/mol. The van der Waals surface area contributed by atoms with Gasteiger partial charge in [-0.05, 0) is 5.54 Å². The van der Waals surface area contributed by atoms with E-state index in [4.69, 9.17) is 0 Å². The van der Waals surface area contributed by atoms with E-state index < -0.39 is 8.80 Å². The molecule has 0 aromatic carbocycles. The second kappa shape index (κ2) is 4.26. The molecular formula is C7H12SiTi. The van der Waals surface area contributed by atoms with E-state index in [1.165, 1.54) is 0 Å². The van der Waals surface area contributed by atoms with Crippen LogP contribution in [0, 0.1) is 0 Å². The van der Waals surface area contributed by atoms with Crippen LogP contribution in [0.3, 0.4) is 0 Å². The molecule has 0 nitrogen and oxygen atoms in total. The van der Waals surface area contributed by atoms with Crippen molar-refractivity contribution in [3.8, 4) is 0 Å². The van der Waals surface area contributed by atoms with Crippen LogP contribution in [-0.4, -0.2) is 8.80 Å². The Morgan fingerprint density at radius 3 is 1.78 bits per heavy atom. The molecule has 0 atom stereocenters. The first-order valence-corrected chi connectivity index (χ1v) is 6.13. The minimum Gasteiger partial charge on any atom is -0.0807 e. The second-order valence-electron chi connectivity index (χ2n) is 2.59. The van der Waals surface area contributed by atoms with Crippen LogP contribution in [0.25, 0.3) is 0 Å². The van der Waals surface area contributed by atoms with Gasteiger partial charge in [-0.3, -0.25) is 0 Å². The molecule has 1 aliphatic carbocycles. The third-order valence-electron chi connectivity index (χ3n) is 1.55. The summed E-state index contributed by atoms with van der Waals surface area (Å²) in [6.45, 7) is 4.76. The molecule has 0 amide bonds. The summed E-state index contributed by atoms with van der Waals surface area (Å²) in [4.78, 5) is 0. The maximum absolute atomic E-state index is 2.38. The molecule has 0 saturated carbocycles. The van der Waals surface area contributed by atoms with E-state index in [1.807, 2.05) is 0 Å². The number of allylic oxidation sites excluding steroid dienone is 4. The molecule has 0 N–H and O–H groups in total. The Morgan fingerprint density at radius 2 is 1.56 bits per heavy atom. The molecule has 9 heavy (non-hydrogen) atoms. The van der Waals surface area contributed by atoms with Gasteiger partial charge in [0.1, 0.15) is 0 Å². The van der Waals surface area contributed by atoms with Crippen molar-refractivity contribution in [1.29, 1.82) is 0 Å². The summed E-state index contributed by atoms with van der Waals surface area (Å²) in [7, 11) is -0.397. The summed E-state index contributed by atoms with van der Waals surface area (Å²) in [5, 5.41) is 0. The monoisotopic (exact) mass is 172 g/mol. The molecule has 1 rings (SSSR count). The Morgan fingerprint density at radius 1 is 1.11 bits per heavy atom. The molecule has 0 fully saturated rings. The van der Waals surface area contributed by atoms with E-state index in [1.54, 1.807) is 0 Å². The zero-order valence-electron chi connectivity index (χ0n) is 5.96. The molecule has 0 saturated heterocycles. The van der Waals surface area contributed by atoms with Gasteiger partial charge in [-0.25, -0.2) is 0 Å². The van der Waals surface area contributed by atoms with Gasteiger partial charge in [-0.1, -0.05) is 37.4 Å². The average Bonchev–Trinajstić information content (AvgIpc) is 2.12. The van der Waals surface area contributed by atoms with Gasteiger partial charge in [0, 0.05) is 30.5 Å². The fourth-order valence-electron chi connectivity index (χ4n) is 0.893. The third-order valence-corrected chi connectivity index (χ3v) is 3.53. The molecule has 0 aromatic rings. The van der Waals surface area contributed by atoms with Gasteiger partial charge < -0.3 is 0 Å². The van der Waals surface area contributed by atoms with Gasteiger partial charge in [0.2, 0.25) is 0 Å². The van der Waals surface area contributed by atoms with Crippen molar-refractivity contribution in [2.45, 2.75) is 18.6 Å². The van der Waals surface area contributed by atoms with E-state index in [-0.39, 0.29) is 21.7 Å². The van der Waals surface area contributed by atoms with Crippen LogP contribution < -0.4 is 0 Å².